The standard InChI is InChI=1S/C13H20N2O/c1-13(2,16)12-14-9-8-11(15-12)10-6-4-3-5-7-10/h8-10,16H,3-7H2,1-2H3. The van der Waals surface area contributed by atoms with Crippen LogP contribution in [0.2, 0.25) is 0 Å². The average Bonchev–Trinajstić information content (AvgIpc) is 2.29. The van der Waals surface area contributed by atoms with E-state index in [2.05, 4.69) is 9.97 Å². The normalized spacial score (nSPS) is 18.7. The van der Waals surface area contributed by atoms with E-state index in [-0.39, 0.29) is 0 Å². The zero-order chi connectivity index (χ0) is 11.6. The minimum Gasteiger partial charge on any atom is -0.382 e. The highest BCUT2D eigenvalue weighted by atomic mass is 16.3. The van der Waals surface area contributed by atoms with E-state index in [0.717, 1.165) is 5.69 Å². The molecule has 0 aliphatic heterocycles. The summed E-state index contributed by atoms with van der Waals surface area (Å²) in [5.41, 5.74) is 0.164. The highest BCUT2D eigenvalue weighted by molar-refractivity contribution is 5.11. The fourth-order valence-corrected chi connectivity index (χ4v) is 2.29. The minimum atomic E-state index is -0.940. The molecule has 88 valence electrons. The van der Waals surface area contributed by atoms with Gasteiger partial charge in [0, 0.05) is 17.8 Å². The molecular weight excluding hydrogens is 200 g/mol. The van der Waals surface area contributed by atoms with E-state index in [1.807, 2.05) is 6.07 Å². The topological polar surface area (TPSA) is 46.0 Å². The molecule has 0 amide bonds. The molecule has 0 aromatic carbocycles. The summed E-state index contributed by atoms with van der Waals surface area (Å²) in [5, 5.41) is 9.89. The van der Waals surface area contributed by atoms with Gasteiger partial charge in [0.15, 0.2) is 5.82 Å². The maximum Gasteiger partial charge on any atom is 0.159 e. The Labute approximate surface area is 96.9 Å². The van der Waals surface area contributed by atoms with Gasteiger partial charge < -0.3 is 5.11 Å². The van der Waals surface area contributed by atoms with Crippen LogP contribution in [0.4, 0.5) is 0 Å². The van der Waals surface area contributed by atoms with Crippen LogP contribution in [0.15, 0.2) is 12.3 Å². The first kappa shape index (κ1) is 11.5. The Bertz CT molecular complexity index is 351. The Morgan fingerprint density at radius 3 is 2.56 bits per heavy atom. The van der Waals surface area contributed by atoms with E-state index < -0.39 is 5.60 Å². The highest BCUT2D eigenvalue weighted by Crippen LogP contribution is 2.31. The summed E-state index contributed by atoms with van der Waals surface area (Å²) in [4.78, 5) is 8.65. The van der Waals surface area contributed by atoms with Gasteiger partial charge in [0.1, 0.15) is 5.60 Å². The summed E-state index contributed by atoms with van der Waals surface area (Å²) in [7, 11) is 0. The van der Waals surface area contributed by atoms with Crippen molar-refractivity contribution in [3.63, 3.8) is 0 Å². The van der Waals surface area contributed by atoms with Gasteiger partial charge in [-0.2, -0.15) is 0 Å². The molecule has 1 aromatic heterocycles. The van der Waals surface area contributed by atoms with Crippen LogP contribution in [-0.2, 0) is 5.60 Å². The number of aromatic nitrogens is 2. The Morgan fingerprint density at radius 2 is 1.94 bits per heavy atom. The summed E-state index contributed by atoms with van der Waals surface area (Å²) in [5.74, 6) is 1.11. The summed E-state index contributed by atoms with van der Waals surface area (Å²) < 4.78 is 0. The molecule has 3 heteroatoms. The second kappa shape index (κ2) is 4.50. The number of hydrogen-bond acceptors (Lipinski definition) is 3. The monoisotopic (exact) mass is 220 g/mol. The highest BCUT2D eigenvalue weighted by Gasteiger charge is 2.22. The van der Waals surface area contributed by atoms with Crippen molar-refractivity contribution in [2.45, 2.75) is 57.5 Å². The maximum atomic E-state index is 9.89. The van der Waals surface area contributed by atoms with Crippen LogP contribution >= 0.6 is 0 Å². The third-order valence-electron chi connectivity index (χ3n) is 3.25. The third kappa shape index (κ3) is 2.59. The third-order valence-corrected chi connectivity index (χ3v) is 3.25. The van der Waals surface area contributed by atoms with Crippen molar-refractivity contribution in [1.29, 1.82) is 0 Å². The lowest BCUT2D eigenvalue weighted by atomic mass is 9.87. The van der Waals surface area contributed by atoms with E-state index in [4.69, 9.17) is 0 Å². The summed E-state index contributed by atoms with van der Waals surface area (Å²) in [6, 6.07) is 1.99. The van der Waals surface area contributed by atoms with E-state index in [1.54, 1.807) is 20.0 Å². The SMILES string of the molecule is CC(C)(O)c1nccc(C2CCCCC2)n1. The molecule has 0 spiro atoms. The molecule has 1 N–H and O–H groups in total. The van der Waals surface area contributed by atoms with E-state index in [0.29, 0.717) is 11.7 Å². The molecule has 1 saturated carbocycles. The Morgan fingerprint density at radius 1 is 1.25 bits per heavy atom. The fraction of sp³-hybridized carbons (Fsp3) is 0.692. The molecule has 0 bridgehead atoms. The van der Waals surface area contributed by atoms with Crippen LogP contribution in [-0.4, -0.2) is 15.1 Å². The van der Waals surface area contributed by atoms with Crippen LogP contribution in [0.25, 0.3) is 0 Å². The number of rotatable bonds is 2. The van der Waals surface area contributed by atoms with E-state index in [9.17, 15) is 5.11 Å². The van der Waals surface area contributed by atoms with Gasteiger partial charge in [-0.15, -0.1) is 0 Å². The smallest absolute Gasteiger partial charge is 0.159 e. The lowest BCUT2D eigenvalue weighted by Gasteiger charge is -2.22. The average molecular weight is 220 g/mol. The van der Waals surface area contributed by atoms with Crippen molar-refractivity contribution in [2.75, 3.05) is 0 Å². The fourth-order valence-electron chi connectivity index (χ4n) is 2.29. The van der Waals surface area contributed by atoms with Crippen LogP contribution in [0.5, 0.6) is 0 Å². The molecule has 0 unspecified atom stereocenters. The van der Waals surface area contributed by atoms with Crippen molar-refractivity contribution in [1.82, 2.24) is 9.97 Å². The van der Waals surface area contributed by atoms with Gasteiger partial charge in [0.05, 0.1) is 0 Å². The van der Waals surface area contributed by atoms with Crippen LogP contribution in [0, 0.1) is 0 Å². The molecule has 2 rings (SSSR count). The van der Waals surface area contributed by atoms with Crippen molar-refractivity contribution in [3.8, 4) is 0 Å². The minimum absolute atomic E-state index is 0.538. The van der Waals surface area contributed by atoms with Crippen LogP contribution in [0.3, 0.4) is 0 Å². The molecule has 1 fully saturated rings. The largest absolute Gasteiger partial charge is 0.382 e. The van der Waals surface area contributed by atoms with Crippen molar-refractivity contribution >= 4 is 0 Å². The second-order valence-electron chi connectivity index (χ2n) is 5.20. The zero-order valence-electron chi connectivity index (χ0n) is 10.1. The molecule has 1 aromatic rings. The van der Waals surface area contributed by atoms with Crippen LogP contribution in [0.1, 0.15) is 63.4 Å². The van der Waals surface area contributed by atoms with Gasteiger partial charge in [-0.25, -0.2) is 9.97 Å². The molecule has 3 nitrogen and oxygen atoms in total. The van der Waals surface area contributed by atoms with Gasteiger partial charge in [-0.1, -0.05) is 19.3 Å². The Balaban J connectivity index is 2.21. The van der Waals surface area contributed by atoms with Gasteiger partial charge >= 0.3 is 0 Å². The first-order chi connectivity index (χ1) is 7.57. The van der Waals surface area contributed by atoms with Gasteiger partial charge in [-0.3, -0.25) is 0 Å². The molecule has 1 heterocycles. The maximum absolute atomic E-state index is 9.89. The van der Waals surface area contributed by atoms with Crippen molar-refractivity contribution < 1.29 is 5.11 Å². The molecule has 0 saturated heterocycles. The lowest BCUT2D eigenvalue weighted by Crippen LogP contribution is -2.21. The first-order valence-corrected chi connectivity index (χ1v) is 6.13. The summed E-state index contributed by atoms with van der Waals surface area (Å²) in [6.45, 7) is 3.46. The molecule has 0 radical (unpaired) electrons. The molecule has 16 heavy (non-hydrogen) atoms. The predicted octanol–water partition coefficient (Wildman–Crippen LogP) is 2.75. The number of hydrogen-bond donors (Lipinski definition) is 1. The van der Waals surface area contributed by atoms with Gasteiger partial charge in [0.2, 0.25) is 0 Å². The lowest BCUT2D eigenvalue weighted by molar-refractivity contribution is 0.0682. The van der Waals surface area contributed by atoms with E-state index >= 15 is 0 Å². The Hall–Kier alpha value is -0.960. The van der Waals surface area contributed by atoms with Crippen LogP contribution < -0.4 is 0 Å². The molecule has 0 atom stereocenters. The number of aliphatic hydroxyl groups is 1. The van der Waals surface area contributed by atoms with Crippen molar-refractivity contribution in [2.24, 2.45) is 0 Å². The Kier molecular flexibility index (Phi) is 3.24. The van der Waals surface area contributed by atoms with Gasteiger partial charge in [-0.05, 0) is 32.8 Å². The van der Waals surface area contributed by atoms with E-state index in [1.165, 1.54) is 32.1 Å². The predicted molar refractivity (Wildman–Crippen MR) is 63.1 cm³/mol. The number of nitrogens with zero attached hydrogens (tertiary/aromatic N) is 2. The van der Waals surface area contributed by atoms with Crippen molar-refractivity contribution in [3.05, 3.63) is 23.8 Å². The first-order valence-electron chi connectivity index (χ1n) is 6.13. The molecule has 1 aliphatic carbocycles. The summed E-state index contributed by atoms with van der Waals surface area (Å²) in [6.07, 6.45) is 8.16. The molecular formula is C13H20N2O. The second-order valence-corrected chi connectivity index (χ2v) is 5.20. The summed E-state index contributed by atoms with van der Waals surface area (Å²) >= 11 is 0. The van der Waals surface area contributed by atoms with Gasteiger partial charge in [0.25, 0.3) is 0 Å². The molecule has 1 aliphatic rings. The quantitative estimate of drug-likeness (QED) is 0.833. The zero-order valence-corrected chi connectivity index (χ0v) is 10.1.